The largest absolute Gasteiger partial charge is 0.508 e. The van der Waals surface area contributed by atoms with Gasteiger partial charge in [0.1, 0.15) is 23.2 Å². The van der Waals surface area contributed by atoms with Crippen LogP contribution in [0.1, 0.15) is 34.1 Å². The van der Waals surface area contributed by atoms with Crippen LogP contribution in [0.3, 0.4) is 0 Å². The predicted molar refractivity (Wildman–Crippen MR) is 83.9 cm³/mol. The zero-order chi connectivity index (χ0) is 15.3. The number of aromatic hydroxyl groups is 1. The van der Waals surface area contributed by atoms with E-state index < -0.39 is 0 Å². The molecule has 0 spiro atoms. The van der Waals surface area contributed by atoms with Gasteiger partial charge in [0.25, 0.3) is 0 Å². The molecule has 3 heteroatoms. The molecule has 1 heterocycles. The summed E-state index contributed by atoms with van der Waals surface area (Å²) in [7, 11) is 0. The normalized spacial score (nSPS) is 23.3. The van der Waals surface area contributed by atoms with E-state index in [-0.39, 0.29) is 23.1 Å². The number of rotatable bonds is 2. The lowest BCUT2D eigenvalue weighted by Gasteiger charge is -2.27. The van der Waals surface area contributed by atoms with Crippen molar-refractivity contribution < 1.29 is 14.6 Å². The molecule has 2 aromatic rings. The number of hydrogen-bond acceptors (Lipinski definition) is 3. The third kappa shape index (κ3) is 2.84. The minimum Gasteiger partial charge on any atom is -0.508 e. The second-order valence-electron chi connectivity index (χ2n) is 6.97. The van der Waals surface area contributed by atoms with Crippen LogP contribution in [-0.2, 0) is 4.74 Å². The third-order valence-electron chi connectivity index (χ3n) is 4.07. The van der Waals surface area contributed by atoms with E-state index >= 15 is 0 Å². The minimum atomic E-state index is -0.308. The highest BCUT2D eigenvalue weighted by Gasteiger charge is 2.47. The second kappa shape index (κ2) is 4.63. The maximum Gasteiger partial charge on any atom is 0.130 e. The summed E-state index contributed by atoms with van der Waals surface area (Å²) >= 11 is 0. The van der Waals surface area contributed by atoms with Crippen LogP contribution in [0.4, 0.5) is 0 Å². The first kappa shape index (κ1) is 14.2. The van der Waals surface area contributed by atoms with Gasteiger partial charge in [0.05, 0.1) is 5.60 Å². The van der Waals surface area contributed by atoms with Gasteiger partial charge in [-0.15, -0.1) is 0 Å². The number of hydrogen-bond donors (Lipinski definition) is 1. The monoisotopic (exact) mass is 286 g/mol. The SMILES string of the molecule is CC1(C)CC(Oc2ccc3ccc(O)cc3c2)C(C)(C)O1. The molecule has 1 unspecified atom stereocenters. The molecule has 2 aromatic carbocycles. The van der Waals surface area contributed by atoms with Crippen molar-refractivity contribution in [1.82, 2.24) is 0 Å². The Morgan fingerprint density at radius 3 is 2.43 bits per heavy atom. The van der Waals surface area contributed by atoms with E-state index in [1.54, 1.807) is 12.1 Å². The first-order valence-corrected chi connectivity index (χ1v) is 7.35. The lowest BCUT2D eigenvalue weighted by molar-refractivity contribution is -0.0845. The summed E-state index contributed by atoms with van der Waals surface area (Å²) < 4.78 is 12.2. The van der Waals surface area contributed by atoms with Gasteiger partial charge < -0.3 is 14.6 Å². The number of ether oxygens (including phenoxy) is 2. The fourth-order valence-electron chi connectivity index (χ4n) is 3.15. The zero-order valence-corrected chi connectivity index (χ0v) is 13.0. The summed E-state index contributed by atoms with van der Waals surface area (Å²) in [6.07, 6.45) is 0.875. The summed E-state index contributed by atoms with van der Waals surface area (Å²) in [5, 5.41) is 11.7. The Labute approximate surface area is 125 Å². The molecule has 112 valence electrons. The van der Waals surface area contributed by atoms with E-state index in [0.29, 0.717) is 0 Å². The van der Waals surface area contributed by atoms with E-state index in [0.717, 1.165) is 22.9 Å². The second-order valence-corrected chi connectivity index (χ2v) is 6.97. The highest BCUT2D eigenvalue weighted by Crippen LogP contribution is 2.39. The number of phenols is 1. The number of fused-ring (bicyclic) bond motifs is 1. The Hall–Kier alpha value is -1.74. The van der Waals surface area contributed by atoms with Gasteiger partial charge >= 0.3 is 0 Å². The number of phenolic OH excluding ortho intramolecular Hbond substituents is 1. The molecule has 1 fully saturated rings. The first-order valence-electron chi connectivity index (χ1n) is 7.35. The molecule has 3 rings (SSSR count). The summed E-state index contributed by atoms with van der Waals surface area (Å²) in [6, 6.07) is 11.3. The summed E-state index contributed by atoms with van der Waals surface area (Å²) in [5.41, 5.74) is -0.472. The quantitative estimate of drug-likeness (QED) is 0.896. The Bertz CT molecular complexity index is 673. The maximum absolute atomic E-state index is 9.60. The minimum absolute atomic E-state index is 0.0160. The van der Waals surface area contributed by atoms with Gasteiger partial charge in [-0.1, -0.05) is 12.1 Å². The molecule has 0 radical (unpaired) electrons. The molecule has 0 bridgehead atoms. The lowest BCUT2D eigenvalue weighted by atomic mass is 9.97. The molecule has 0 aromatic heterocycles. The molecule has 1 N–H and O–H groups in total. The van der Waals surface area contributed by atoms with Crippen molar-refractivity contribution in [3.63, 3.8) is 0 Å². The molecule has 1 aliphatic heterocycles. The van der Waals surface area contributed by atoms with Gasteiger partial charge in [0, 0.05) is 6.42 Å². The van der Waals surface area contributed by atoms with Crippen molar-refractivity contribution in [2.45, 2.75) is 51.4 Å². The van der Waals surface area contributed by atoms with E-state index in [1.807, 2.05) is 24.3 Å². The fourth-order valence-corrected chi connectivity index (χ4v) is 3.15. The Morgan fingerprint density at radius 2 is 1.76 bits per heavy atom. The first-order chi connectivity index (χ1) is 9.75. The lowest BCUT2D eigenvalue weighted by Crippen LogP contribution is -2.36. The van der Waals surface area contributed by atoms with Crippen LogP contribution in [0.15, 0.2) is 36.4 Å². The Kier molecular flexibility index (Phi) is 3.14. The van der Waals surface area contributed by atoms with Crippen LogP contribution in [0.2, 0.25) is 0 Å². The molecular formula is C18H22O3. The highest BCUT2D eigenvalue weighted by atomic mass is 16.6. The molecule has 0 aliphatic carbocycles. The topological polar surface area (TPSA) is 38.7 Å². The van der Waals surface area contributed by atoms with Gasteiger partial charge in [0.15, 0.2) is 0 Å². The van der Waals surface area contributed by atoms with Crippen LogP contribution < -0.4 is 4.74 Å². The molecule has 1 atom stereocenters. The summed E-state index contributed by atoms with van der Waals surface area (Å²) in [4.78, 5) is 0. The fraction of sp³-hybridized carbons (Fsp3) is 0.444. The van der Waals surface area contributed by atoms with Crippen LogP contribution in [0, 0.1) is 0 Å². The Morgan fingerprint density at radius 1 is 1.05 bits per heavy atom. The molecule has 1 saturated heterocycles. The average Bonchev–Trinajstić information content (AvgIpc) is 2.56. The van der Waals surface area contributed by atoms with Gasteiger partial charge in [-0.2, -0.15) is 0 Å². The molecule has 0 saturated carbocycles. The van der Waals surface area contributed by atoms with Crippen molar-refractivity contribution in [2.24, 2.45) is 0 Å². The third-order valence-corrected chi connectivity index (χ3v) is 4.07. The predicted octanol–water partition coefficient (Wildman–Crippen LogP) is 4.27. The van der Waals surface area contributed by atoms with E-state index in [1.165, 1.54) is 0 Å². The zero-order valence-electron chi connectivity index (χ0n) is 13.0. The molecular weight excluding hydrogens is 264 g/mol. The molecule has 21 heavy (non-hydrogen) atoms. The van der Waals surface area contributed by atoms with Gasteiger partial charge in [-0.05, 0) is 62.7 Å². The molecule has 3 nitrogen and oxygen atoms in total. The summed E-state index contributed by atoms with van der Waals surface area (Å²) in [5.74, 6) is 1.08. The van der Waals surface area contributed by atoms with Crippen LogP contribution in [0.5, 0.6) is 11.5 Å². The smallest absolute Gasteiger partial charge is 0.130 e. The Balaban J connectivity index is 1.88. The van der Waals surface area contributed by atoms with Crippen molar-refractivity contribution in [3.8, 4) is 11.5 Å². The van der Waals surface area contributed by atoms with E-state index in [9.17, 15) is 5.11 Å². The van der Waals surface area contributed by atoms with Gasteiger partial charge in [-0.3, -0.25) is 0 Å². The highest BCUT2D eigenvalue weighted by molar-refractivity contribution is 5.85. The van der Waals surface area contributed by atoms with Gasteiger partial charge in [0.2, 0.25) is 0 Å². The summed E-state index contributed by atoms with van der Waals surface area (Å²) in [6.45, 7) is 8.33. The van der Waals surface area contributed by atoms with E-state index in [4.69, 9.17) is 9.47 Å². The average molecular weight is 286 g/mol. The molecule has 0 amide bonds. The van der Waals surface area contributed by atoms with Crippen LogP contribution in [0.25, 0.3) is 10.8 Å². The van der Waals surface area contributed by atoms with Crippen molar-refractivity contribution in [2.75, 3.05) is 0 Å². The van der Waals surface area contributed by atoms with Crippen molar-refractivity contribution in [3.05, 3.63) is 36.4 Å². The maximum atomic E-state index is 9.60. The standard InChI is InChI=1S/C18H22O3/c1-17(2)11-16(18(3,4)21-17)20-15-8-6-12-5-7-14(19)9-13(12)10-15/h5-10,16,19H,11H2,1-4H3. The van der Waals surface area contributed by atoms with Crippen LogP contribution in [-0.4, -0.2) is 22.4 Å². The number of benzene rings is 2. The van der Waals surface area contributed by atoms with Crippen molar-refractivity contribution >= 4 is 10.8 Å². The van der Waals surface area contributed by atoms with Crippen molar-refractivity contribution in [1.29, 1.82) is 0 Å². The van der Waals surface area contributed by atoms with Gasteiger partial charge in [-0.25, -0.2) is 0 Å². The van der Waals surface area contributed by atoms with Crippen LogP contribution >= 0.6 is 0 Å². The van der Waals surface area contributed by atoms with E-state index in [2.05, 4.69) is 27.7 Å². The molecule has 1 aliphatic rings.